The third-order valence-electron chi connectivity index (χ3n) is 2.72. The minimum absolute atomic E-state index is 0.0198. The van der Waals surface area contributed by atoms with Gasteiger partial charge < -0.3 is 0 Å². The van der Waals surface area contributed by atoms with Gasteiger partial charge in [0.05, 0.1) is 0 Å². The van der Waals surface area contributed by atoms with Crippen LogP contribution in [0.1, 0.15) is 12.8 Å². The molecule has 2 heterocycles. The average Bonchev–Trinajstić information content (AvgIpc) is 2.96. The van der Waals surface area contributed by atoms with Crippen LogP contribution in [0.15, 0.2) is 24.5 Å². The molecule has 2 aromatic rings. The number of pyridine rings is 1. The fourth-order valence-electron chi connectivity index (χ4n) is 1.59. The molecule has 0 atom stereocenters. The third-order valence-corrected chi connectivity index (χ3v) is 4.45. The Labute approximate surface area is 127 Å². The Balaban J connectivity index is 2.02. The van der Waals surface area contributed by atoms with E-state index in [4.69, 9.17) is 0 Å². The number of hydrogen-bond donors (Lipinski definition) is 1. The van der Waals surface area contributed by atoms with Crippen molar-refractivity contribution in [3.63, 3.8) is 0 Å². The van der Waals surface area contributed by atoms with E-state index in [0.717, 1.165) is 5.56 Å². The molecular formula is C12H14N4O3S2. The van der Waals surface area contributed by atoms with Crippen LogP contribution >= 0.6 is 11.3 Å². The van der Waals surface area contributed by atoms with Crippen LogP contribution in [-0.2, 0) is 15.5 Å². The van der Waals surface area contributed by atoms with Gasteiger partial charge in [-0.25, -0.2) is 8.42 Å². The fourth-order valence-corrected chi connectivity index (χ4v) is 2.82. The van der Waals surface area contributed by atoms with Crippen LogP contribution in [-0.4, -0.2) is 42.3 Å². The number of anilines is 1. The SMILES string of the molecule is CN(C(=O)CCC[SH](=O)=O)c1nnc(-c2cccnc2)s1. The predicted molar refractivity (Wildman–Crippen MR) is 81.0 cm³/mol. The summed E-state index contributed by atoms with van der Waals surface area (Å²) in [5, 5.41) is 9.18. The summed E-state index contributed by atoms with van der Waals surface area (Å²) < 4.78 is 20.9. The molecule has 0 aromatic carbocycles. The molecule has 2 rings (SSSR count). The van der Waals surface area contributed by atoms with E-state index in [1.54, 1.807) is 25.5 Å². The summed E-state index contributed by atoms with van der Waals surface area (Å²) in [4.78, 5) is 17.3. The van der Waals surface area contributed by atoms with Crippen molar-refractivity contribution in [1.29, 1.82) is 0 Å². The second-order valence-electron chi connectivity index (χ2n) is 4.24. The molecule has 0 saturated heterocycles. The van der Waals surface area contributed by atoms with E-state index in [9.17, 15) is 13.2 Å². The van der Waals surface area contributed by atoms with Gasteiger partial charge in [0.25, 0.3) is 0 Å². The van der Waals surface area contributed by atoms with Crippen LogP contribution in [0.2, 0.25) is 0 Å². The molecular weight excluding hydrogens is 312 g/mol. The summed E-state index contributed by atoms with van der Waals surface area (Å²) in [6.07, 6.45) is 3.83. The molecule has 0 fully saturated rings. The standard InChI is InChI=1S/C12H14N4O3S2/c1-16(10(17)5-3-7-21(18)19)12-15-14-11(20-12)9-4-2-6-13-8-9/h2,4,6,8,21H,3,5,7H2,1H3. The Kier molecular flexibility index (Phi) is 5.34. The molecule has 7 nitrogen and oxygen atoms in total. The number of rotatable bonds is 6. The highest BCUT2D eigenvalue weighted by Crippen LogP contribution is 2.27. The number of thiol groups is 1. The summed E-state index contributed by atoms with van der Waals surface area (Å²) in [6, 6.07) is 3.67. The monoisotopic (exact) mass is 326 g/mol. The largest absolute Gasteiger partial charge is 0.290 e. The van der Waals surface area contributed by atoms with Gasteiger partial charge in [-0.1, -0.05) is 11.3 Å². The molecule has 0 unspecified atom stereocenters. The summed E-state index contributed by atoms with van der Waals surface area (Å²) in [6.45, 7) is 0. The van der Waals surface area contributed by atoms with E-state index in [2.05, 4.69) is 15.2 Å². The van der Waals surface area contributed by atoms with Crippen molar-refractivity contribution in [1.82, 2.24) is 15.2 Å². The summed E-state index contributed by atoms with van der Waals surface area (Å²) in [5.41, 5.74) is 0.838. The van der Waals surface area contributed by atoms with Gasteiger partial charge in [-0.15, -0.1) is 10.2 Å². The zero-order valence-electron chi connectivity index (χ0n) is 11.3. The van der Waals surface area contributed by atoms with Crippen molar-refractivity contribution in [2.75, 3.05) is 17.7 Å². The number of carbonyl (C=O) groups is 1. The molecule has 0 aliphatic carbocycles. The van der Waals surface area contributed by atoms with Crippen molar-refractivity contribution in [3.05, 3.63) is 24.5 Å². The van der Waals surface area contributed by atoms with E-state index in [0.29, 0.717) is 16.6 Å². The van der Waals surface area contributed by atoms with Gasteiger partial charge in [0.15, 0.2) is 5.01 Å². The minimum atomic E-state index is -2.43. The minimum Gasteiger partial charge on any atom is -0.290 e. The number of carbonyl (C=O) groups excluding carboxylic acids is 1. The van der Waals surface area contributed by atoms with Crippen LogP contribution in [0.5, 0.6) is 0 Å². The Morgan fingerprint density at radius 1 is 1.38 bits per heavy atom. The predicted octanol–water partition coefficient (Wildman–Crippen LogP) is 0.955. The zero-order valence-corrected chi connectivity index (χ0v) is 13.0. The van der Waals surface area contributed by atoms with Crippen LogP contribution in [0.3, 0.4) is 0 Å². The van der Waals surface area contributed by atoms with Crippen molar-refractivity contribution < 1.29 is 13.2 Å². The van der Waals surface area contributed by atoms with Gasteiger partial charge >= 0.3 is 0 Å². The van der Waals surface area contributed by atoms with Crippen molar-refractivity contribution >= 4 is 33.1 Å². The fraction of sp³-hybridized carbons (Fsp3) is 0.333. The molecule has 0 bridgehead atoms. The molecule has 0 radical (unpaired) electrons. The Morgan fingerprint density at radius 3 is 2.86 bits per heavy atom. The highest BCUT2D eigenvalue weighted by molar-refractivity contribution is 7.72. The van der Waals surface area contributed by atoms with Gasteiger partial charge in [-0.05, 0) is 18.6 Å². The van der Waals surface area contributed by atoms with Crippen LogP contribution < -0.4 is 4.90 Å². The third kappa shape index (κ3) is 4.30. The van der Waals surface area contributed by atoms with E-state index < -0.39 is 10.7 Å². The molecule has 2 aromatic heterocycles. The lowest BCUT2D eigenvalue weighted by molar-refractivity contribution is -0.118. The van der Waals surface area contributed by atoms with E-state index in [1.807, 2.05) is 6.07 Å². The molecule has 112 valence electrons. The summed E-state index contributed by atoms with van der Waals surface area (Å²) in [5.74, 6) is -0.160. The Bertz CT molecular complexity index is 677. The molecule has 21 heavy (non-hydrogen) atoms. The van der Waals surface area contributed by atoms with E-state index >= 15 is 0 Å². The topological polar surface area (TPSA) is 93.1 Å². The summed E-state index contributed by atoms with van der Waals surface area (Å²) >= 11 is 1.29. The van der Waals surface area contributed by atoms with Crippen molar-refractivity contribution in [3.8, 4) is 10.6 Å². The number of hydrogen-bond acceptors (Lipinski definition) is 7. The van der Waals surface area contributed by atoms with Crippen LogP contribution in [0.4, 0.5) is 5.13 Å². The van der Waals surface area contributed by atoms with Gasteiger partial charge in [0, 0.05) is 37.2 Å². The molecule has 0 spiro atoms. The highest BCUT2D eigenvalue weighted by atomic mass is 32.2. The first kappa shape index (κ1) is 15.5. The molecule has 9 heteroatoms. The zero-order chi connectivity index (χ0) is 15.2. The quantitative estimate of drug-likeness (QED) is 0.795. The molecule has 0 N–H and O–H groups in total. The second kappa shape index (κ2) is 7.23. The second-order valence-corrected chi connectivity index (χ2v) is 6.31. The smallest absolute Gasteiger partial charge is 0.228 e. The first-order valence-electron chi connectivity index (χ1n) is 6.20. The van der Waals surface area contributed by atoms with Crippen molar-refractivity contribution in [2.24, 2.45) is 0 Å². The maximum absolute atomic E-state index is 11.9. The summed E-state index contributed by atoms with van der Waals surface area (Å²) in [7, 11) is -0.830. The lowest BCUT2D eigenvalue weighted by Crippen LogP contribution is -2.26. The normalized spacial score (nSPS) is 10.8. The molecule has 1 amide bonds. The first-order chi connectivity index (χ1) is 10.1. The maximum Gasteiger partial charge on any atom is 0.228 e. The molecule has 0 saturated carbocycles. The average molecular weight is 326 g/mol. The van der Waals surface area contributed by atoms with Crippen molar-refractivity contribution in [2.45, 2.75) is 12.8 Å². The Morgan fingerprint density at radius 2 is 2.19 bits per heavy atom. The van der Waals surface area contributed by atoms with Gasteiger partial charge in [0.2, 0.25) is 11.0 Å². The first-order valence-corrected chi connectivity index (χ1v) is 8.38. The van der Waals surface area contributed by atoms with Crippen LogP contribution in [0.25, 0.3) is 10.6 Å². The number of amides is 1. The van der Waals surface area contributed by atoms with Crippen LogP contribution in [0, 0.1) is 0 Å². The molecule has 0 aliphatic rings. The lowest BCUT2D eigenvalue weighted by atomic mass is 10.3. The molecule has 0 aliphatic heterocycles. The maximum atomic E-state index is 11.9. The Hall–Kier alpha value is -1.87. The van der Waals surface area contributed by atoms with E-state index in [1.165, 1.54) is 16.2 Å². The van der Waals surface area contributed by atoms with Gasteiger partial charge in [-0.2, -0.15) is 0 Å². The van der Waals surface area contributed by atoms with Gasteiger partial charge in [0.1, 0.15) is 10.7 Å². The lowest BCUT2D eigenvalue weighted by Gasteiger charge is -2.12. The number of nitrogens with zero attached hydrogens (tertiary/aromatic N) is 4. The highest BCUT2D eigenvalue weighted by Gasteiger charge is 2.16. The number of aromatic nitrogens is 3. The van der Waals surface area contributed by atoms with Gasteiger partial charge in [-0.3, -0.25) is 14.7 Å². The van der Waals surface area contributed by atoms with E-state index in [-0.39, 0.29) is 18.1 Å².